The van der Waals surface area contributed by atoms with E-state index in [-0.39, 0.29) is 24.1 Å². The van der Waals surface area contributed by atoms with Crippen molar-refractivity contribution in [1.82, 2.24) is 5.32 Å². The Balaban J connectivity index is 2.27. The average molecular weight is 297 g/mol. The highest BCUT2D eigenvalue weighted by Crippen LogP contribution is 2.11. The summed E-state index contributed by atoms with van der Waals surface area (Å²) in [4.78, 5) is 22.6. The van der Waals surface area contributed by atoms with Crippen molar-refractivity contribution in [2.45, 2.75) is 32.7 Å². The first-order chi connectivity index (χ1) is 9.90. The second kappa shape index (κ2) is 8.24. The summed E-state index contributed by atoms with van der Waals surface area (Å²) in [7, 11) is 0. The Morgan fingerprint density at radius 2 is 1.90 bits per heavy atom. The molecule has 0 aliphatic carbocycles. The van der Waals surface area contributed by atoms with Gasteiger partial charge in [-0.2, -0.15) is 0 Å². The van der Waals surface area contributed by atoms with Gasteiger partial charge in [0.1, 0.15) is 17.6 Å². The van der Waals surface area contributed by atoms with Gasteiger partial charge in [-0.25, -0.2) is 9.18 Å². The zero-order chi connectivity index (χ0) is 15.8. The van der Waals surface area contributed by atoms with Gasteiger partial charge in [-0.1, -0.05) is 13.8 Å². The van der Waals surface area contributed by atoms with Crippen molar-refractivity contribution in [3.63, 3.8) is 0 Å². The molecule has 1 aromatic rings. The normalized spacial score (nSPS) is 12.0. The third-order valence-corrected chi connectivity index (χ3v) is 2.88. The number of ether oxygens (including phenoxy) is 1. The summed E-state index contributed by atoms with van der Waals surface area (Å²) in [5, 5.41) is 11.4. The molecule has 1 atom stereocenters. The maximum atomic E-state index is 12.7. The third kappa shape index (κ3) is 6.25. The number of hydrogen-bond acceptors (Lipinski definition) is 3. The lowest BCUT2D eigenvalue weighted by Gasteiger charge is -2.17. The van der Waals surface area contributed by atoms with Gasteiger partial charge < -0.3 is 15.2 Å². The van der Waals surface area contributed by atoms with Gasteiger partial charge in [0.25, 0.3) is 0 Å². The lowest BCUT2D eigenvalue weighted by Crippen LogP contribution is -2.44. The molecule has 0 saturated heterocycles. The van der Waals surface area contributed by atoms with E-state index in [2.05, 4.69) is 5.32 Å². The maximum Gasteiger partial charge on any atom is 0.326 e. The Hall–Kier alpha value is -2.11. The lowest BCUT2D eigenvalue weighted by atomic mass is 10.0. The minimum atomic E-state index is -1.04. The van der Waals surface area contributed by atoms with E-state index < -0.39 is 12.0 Å². The quantitative estimate of drug-likeness (QED) is 0.721. The van der Waals surface area contributed by atoms with Crippen LogP contribution in [0.5, 0.6) is 5.75 Å². The number of aliphatic carboxylic acids is 1. The van der Waals surface area contributed by atoms with Crippen LogP contribution in [-0.4, -0.2) is 29.6 Å². The summed E-state index contributed by atoms with van der Waals surface area (Å²) in [5.74, 6) is -1.35. The number of carboxylic acid groups (broad SMARTS) is 1. The van der Waals surface area contributed by atoms with Gasteiger partial charge in [0.2, 0.25) is 5.91 Å². The summed E-state index contributed by atoms with van der Waals surface area (Å²) in [6.07, 6.45) is 0.630. The SMILES string of the molecule is CC(C)C(NC(=O)CCCOc1ccc(F)cc1)C(=O)O. The number of carbonyl (C=O) groups excluding carboxylic acids is 1. The monoisotopic (exact) mass is 297 g/mol. The first-order valence-electron chi connectivity index (χ1n) is 6.80. The molecule has 1 aromatic carbocycles. The predicted octanol–water partition coefficient (Wildman–Crippen LogP) is 2.21. The first kappa shape index (κ1) is 16.9. The van der Waals surface area contributed by atoms with E-state index in [1.165, 1.54) is 24.3 Å². The van der Waals surface area contributed by atoms with Crippen LogP contribution < -0.4 is 10.1 Å². The molecule has 116 valence electrons. The fourth-order valence-electron chi connectivity index (χ4n) is 1.71. The van der Waals surface area contributed by atoms with E-state index in [1.807, 2.05) is 0 Å². The molecule has 0 bridgehead atoms. The highest BCUT2D eigenvalue weighted by Gasteiger charge is 2.22. The number of rotatable bonds is 8. The van der Waals surface area contributed by atoms with E-state index in [1.54, 1.807) is 13.8 Å². The molecule has 0 saturated carbocycles. The van der Waals surface area contributed by atoms with Gasteiger partial charge in [0.05, 0.1) is 6.61 Å². The predicted molar refractivity (Wildman–Crippen MR) is 75.5 cm³/mol. The zero-order valence-electron chi connectivity index (χ0n) is 12.1. The van der Waals surface area contributed by atoms with E-state index >= 15 is 0 Å². The Labute approximate surface area is 123 Å². The van der Waals surface area contributed by atoms with Crippen molar-refractivity contribution in [3.8, 4) is 5.75 Å². The minimum Gasteiger partial charge on any atom is -0.494 e. The Bertz CT molecular complexity index is 473. The van der Waals surface area contributed by atoms with Gasteiger partial charge in [-0.15, -0.1) is 0 Å². The molecule has 0 aliphatic rings. The second-order valence-electron chi connectivity index (χ2n) is 5.03. The fraction of sp³-hybridized carbons (Fsp3) is 0.467. The summed E-state index contributed by atoms with van der Waals surface area (Å²) >= 11 is 0. The first-order valence-corrected chi connectivity index (χ1v) is 6.80. The van der Waals surface area contributed by atoms with Crippen molar-refractivity contribution in [2.24, 2.45) is 5.92 Å². The molecule has 0 aliphatic heterocycles. The van der Waals surface area contributed by atoms with Crippen LogP contribution in [0.15, 0.2) is 24.3 Å². The second-order valence-corrected chi connectivity index (χ2v) is 5.03. The van der Waals surface area contributed by atoms with Gasteiger partial charge in [-0.05, 0) is 36.6 Å². The van der Waals surface area contributed by atoms with Crippen molar-refractivity contribution >= 4 is 11.9 Å². The van der Waals surface area contributed by atoms with Crippen LogP contribution in [0.25, 0.3) is 0 Å². The standard InChI is InChI=1S/C15H20FNO4/c1-10(2)14(15(19)20)17-13(18)4-3-9-21-12-7-5-11(16)6-8-12/h5-8,10,14H,3-4,9H2,1-2H3,(H,17,18)(H,19,20). The molecular weight excluding hydrogens is 277 g/mol. The Kier molecular flexibility index (Phi) is 6.65. The molecule has 2 N–H and O–H groups in total. The van der Waals surface area contributed by atoms with E-state index in [0.29, 0.717) is 18.8 Å². The van der Waals surface area contributed by atoms with Gasteiger partial charge in [0, 0.05) is 6.42 Å². The van der Waals surface area contributed by atoms with Crippen molar-refractivity contribution in [1.29, 1.82) is 0 Å². The average Bonchev–Trinajstić information content (AvgIpc) is 2.42. The van der Waals surface area contributed by atoms with Crippen LogP contribution >= 0.6 is 0 Å². The molecule has 5 nitrogen and oxygen atoms in total. The molecule has 0 fully saturated rings. The van der Waals surface area contributed by atoms with Crippen LogP contribution in [0.1, 0.15) is 26.7 Å². The molecule has 1 unspecified atom stereocenters. The molecule has 0 heterocycles. The number of carboxylic acids is 1. The molecule has 0 radical (unpaired) electrons. The molecule has 0 aromatic heterocycles. The van der Waals surface area contributed by atoms with Gasteiger partial charge in [0.15, 0.2) is 0 Å². The van der Waals surface area contributed by atoms with E-state index in [0.717, 1.165) is 0 Å². The molecule has 0 spiro atoms. The molecular formula is C15H20FNO4. The number of amides is 1. The Morgan fingerprint density at radius 3 is 2.43 bits per heavy atom. The van der Waals surface area contributed by atoms with Crippen LogP contribution in [0, 0.1) is 11.7 Å². The number of nitrogens with one attached hydrogen (secondary N) is 1. The minimum absolute atomic E-state index is 0.178. The third-order valence-electron chi connectivity index (χ3n) is 2.88. The van der Waals surface area contributed by atoms with E-state index in [4.69, 9.17) is 9.84 Å². The number of hydrogen-bond donors (Lipinski definition) is 2. The maximum absolute atomic E-state index is 12.7. The molecule has 1 amide bonds. The van der Waals surface area contributed by atoms with Crippen molar-refractivity contribution < 1.29 is 23.8 Å². The van der Waals surface area contributed by atoms with Crippen LogP contribution in [0.3, 0.4) is 0 Å². The van der Waals surface area contributed by atoms with Crippen molar-refractivity contribution in [2.75, 3.05) is 6.61 Å². The smallest absolute Gasteiger partial charge is 0.326 e. The summed E-state index contributed by atoms with van der Waals surface area (Å²) < 4.78 is 18.0. The van der Waals surface area contributed by atoms with E-state index in [9.17, 15) is 14.0 Å². The fourth-order valence-corrected chi connectivity index (χ4v) is 1.71. The highest BCUT2D eigenvalue weighted by atomic mass is 19.1. The van der Waals surface area contributed by atoms with Crippen LogP contribution in [0.4, 0.5) is 4.39 Å². The molecule has 21 heavy (non-hydrogen) atoms. The van der Waals surface area contributed by atoms with Crippen molar-refractivity contribution in [3.05, 3.63) is 30.1 Å². The largest absolute Gasteiger partial charge is 0.494 e. The van der Waals surface area contributed by atoms with Crippen LogP contribution in [-0.2, 0) is 9.59 Å². The Morgan fingerprint density at radius 1 is 1.29 bits per heavy atom. The lowest BCUT2D eigenvalue weighted by molar-refractivity contribution is -0.143. The number of benzene rings is 1. The molecule has 6 heteroatoms. The molecule has 1 rings (SSSR count). The summed E-state index contributed by atoms with van der Waals surface area (Å²) in [6, 6.07) is 4.73. The van der Waals surface area contributed by atoms with Gasteiger partial charge in [-0.3, -0.25) is 4.79 Å². The summed E-state index contributed by atoms with van der Waals surface area (Å²) in [5.41, 5.74) is 0. The van der Waals surface area contributed by atoms with Gasteiger partial charge >= 0.3 is 5.97 Å². The number of halogens is 1. The zero-order valence-corrected chi connectivity index (χ0v) is 12.1. The topological polar surface area (TPSA) is 75.6 Å². The summed E-state index contributed by atoms with van der Waals surface area (Å²) in [6.45, 7) is 3.77. The van der Waals surface area contributed by atoms with Crippen LogP contribution in [0.2, 0.25) is 0 Å². The number of carbonyl (C=O) groups is 2. The highest BCUT2D eigenvalue weighted by molar-refractivity contribution is 5.83.